The highest BCUT2D eigenvalue weighted by Crippen LogP contribution is 2.29. The first kappa shape index (κ1) is 18.7. The van der Waals surface area contributed by atoms with Crippen LogP contribution in [0.2, 0.25) is 5.02 Å². The molecular weight excluding hydrogens is 378 g/mol. The van der Waals surface area contributed by atoms with Crippen LogP contribution in [0.1, 0.15) is 40.7 Å². The summed E-state index contributed by atoms with van der Waals surface area (Å²) in [7, 11) is 2.14. The van der Waals surface area contributed by atoms with Gasteiger partial charge in [-0.15, -0.1) is 11.3 Å². The van der Waals surface area contributed by atoms with Crippen molar-refractivity contribution in [2.45, 2.75) is 39.2 Å². The van der Waals surface area contributed by atoms with Crippen LogP contribution in [0.15, 0.2) is 29.1 Å². The van der Waals surface area contributed by atoms with E-state index in [9.17, 15) is 4.79 Å². The van der Waals surface area contributed by atoms with E-state index in [1.807, 2.05) is 35.8 Å². The van der Waals surface area contributed by atoms with Gasteiger partial charge in [0.05, 0.1) is 5.39 Å². The molecule has 0 atom stereocenters. The molecule has 1 fully saturated rings. The lowest BCUT2D eigenvalue weighted by Gasteiger charge is -2.31. The van der Waals surface area contributed by atoms with E-state index in [0.717, 1.165) is 53.1 Å². The number of nitrogens with zero attached hydrogens (tertiary/aromatic N) is 3. The number of fused-ring (bicyclic) bond motifs is 1. The molecule has 0 N–H and O–H groups in total. The molecular formula is C21H24ClN3OS. The fourth-order valence-corrected chi connectivity index (χ4v) is 5.18. The number of rotatable bonds is 3. The Balaban J connectivity index is 1.87. The maximum Gasteiger partial charge on any atom is 0.262 e. The van der Waals surface area contributed by atoms with Gasteiger partial charge in [-0.2, -0.15) is 0 Å². The standard InChI is InChI=1S/C21H24ClN3OS/c1-13-14(2)27-20-19(13)21(26)25(17-7-9-24(3)10-8-17)18(23-20)12-15-5-4-6-16(22)11-15/h4-6,11,17H,7-10,12H2,1-3H3. The maximum atomic E-state index is 13.5. The molecule has 0 spiro atoms. The summed E-state index contributed by atoms with van der Waals surface area (Å²) in [6.07, 6.45) is 2.58. The Kier molecular flexibility index (Phi) is 5.10. The lowest BCUT2D eigenvalue weighted by molar-refractivity contribution is 0.216. The van der Waals surface area contributed by atoms with Crippen molar-refractivity contribution in [1.82, 2.24) is 14.5 Å². The highest BCUT2D eigenvalue weighted by atomic mass is 35.5. The van der Waals surface area contributed by atoms with Crippen LogP contribution in [0.5, 0.6) is 0 Å². The predicted octanol–water partition coefficient (Wildman–Crippen LogP) is 4.59. The van der Waals surface area contributed by atoms with Gasteiger partial charge < -0.3 is 4.90 Å². The van der Waals surface area contributed by atoms with Crippen molar-refractivity contribution in [3.05, 3.63) is 61.5 Å². The maximum absolute atomic E-state index is 13.5. The third-order valence-corrected chi connectivity index (χ3v) is 6.95. The normalized spacial score (nSPS) is 16.3. The summed E-state index contributed by atoms with van der Waals surface area (Å²) < 4.78 is 1.98. The molecule has 0 amide bonds. The van der Waals surface area contributed by atoms with E-state index in [1.165, 1.54) is 4.88 Å². The summed E-state index contributed by atoms with van der Waals surface area (Å²) in [4.78, 5) is 22.8. The van der Waals surface area contributed by atoms with E-state index >= 15 is 0 Å². The second-order valence-corrected chi connectivity index (χ2v) is 9.15. The number of piperidine rings is 1. The van der Waals surface area contributed by atoms with E-state index in [4.69, 9.17) is 16.6 Å². The molecule has 0 saturated carbocycles. The van der Waals surface area contributed by atoms with Crippen molar-refractivity contribution in [1.29, 1.82) is 0 Å². The van der Waals surface area contributed by atoms with Gasteiger partial charge >= 0.3 is 0 Å². The van der Waals surface area contributed by atoms with Crippen LogP contribution in [-0.2, 0) is 6.42 Å². The Labute approximate surface area is 168 Å². The van der Waals surface area contributed by atoms with E-state index in [-0.39, 0.29) is 11.6 Å². The average Bonchev–Trinajstić information content (AvgIpc) is 2.91. The van der Waals surface area contributed by atoms with Gasteiger partial charge in [0, 0.05) is 22.4 Å². The molecule has 3 heterocycles. The number of aryl methyl sites for hydroxylation is 2. The quantitative estimate of drug-likeness (QED) is 0.644. The van der Waals surface area contributed by atoms with Crippen LogP contribution in [-0.4, -0.2) is 34.6 Å². The van der Waals surface area contributed by atoms with Crippen LogP contribution in [0, 0.1) is 13.8 Å². The zero-order valence-corrected chi connectivity index (χ0v) is 17.5. The summed E-state index contributed by atoms with van der Waals surface area (Å²) in [6, 6.07) is 8.04. The molecule has 0 bridgehead atoms. The molecule has 1 aliphatic heterocycles. The van der Waals surface area contributed by atoms with Gasteiger partial charge in [0.15, 0.2) is 0 Å². The molecule has 0 unspecified atom stereocenters. The Bertz CT molecular complexity index is 1050. The second kappa shape index (κ2) is 7.38. The van der Waals surface area contributed by atoms with Crippen molar-refractivity contribution >= 4 is 33.2 Å². The highest BCUT2D eigenvalue weighted by Gasteiger charge is 2.25. The van der Waals surface area contributed by atoms with Gasteiger partial charge in [-0.05, 0) is 70.1 Å². The van der Waals surface area contributed by atoms with Gasteiger partial charge in [-0.25, -0.2) is 4.98 Å². The fraction of sp³-hybridized carbons (Fsp3) is 0.429. The zero-order valence-electron chi connectivity index (χ0n) is 16.0. The Morgan fingerprint density at radius 1 is 1.26 bits per heavy atom. The lowest BCUT2D eigenvalue weighted by atomic mass is 10.0. The number of aromatic nitrogens is 2. The molecule has 0 aliphatic carbocycles. The molecule has 142 valence electrons. The minimum atomic E-state index is 0.119. The Morgan fingerprint density at radius 2 is 2.00 bits per heavy atom. The van der Waals surface area contributed by atoms with E-state index in [0.29, 0.717) is 11.4 Å². The highest BCUT2D eigenvalue weighted by molar-refractivity contribution is 7.18. The zero-order chi connectivity index (χ0) is 19.1. The summed E-state index contributed by atoms with van der Waals surface area (Å²) >= 11 is 7.79. The molecule has 1 aromatic carbocycles. The van der Waals surface area contributed by atoms with Gasteiger partial charge in [-0.1, -0.05) is 23.7 Å². The minimum Gasteiger partial charge on any atom is -0.306 e. The summed E-state index contributed by atoms with van der Waals surface area (Å²) in [5.41, 5.74) is 2.28. The molecule has 4 nitrogen and oxygen atoms in total. The summed E-state index contributed by atoms with van der Waals surface area (Å²) in [5, 5.41) is 1.51. The number of halogens is 1. The van der Waals surface area contributed by atoms with E-state index < -0.39 is 0 Å². The van der Waals surface area contributed by atoms with Crippen LogP contribution >= 0.6 is 22.9 Å². The monoisotopic (exact) mass is 401 g/mol. The van der Waals surface area contributed by atoms with Gasteiger partial charge in [0.25, 0.3) is 5.56 Å². The Hall–Kier alpha value is -1.69. The molecule has 0 radical (unpaired) electrons. The van der Waals surface area contributed by atoms with Crippen LogP contribution in [0.3, 0.4) is 0 Å². The third-order valence-electron chi connectivity index (χ3n) is 5.61. The van der Waals surface area contributed by atoms with E-state index in [1.54, 1.807) is 11.3 Å². The SMILES string of the molecule is Cc1sc2nc(Cc3cccc(Cl)c3)n(C3CCN(C)CC3)c(=O)c2c1C. The van der Waals surface area contributed by atoms with Gasteiger partial charge in [0.2, 0.25) is 0 Å². The molecule has 4 rings (SSSR count). The Morgan fingerprint density at radius 3 is 2.70 bits per heavy atom. The van der Waals surface area contributed by atoms with Gasteiger partial charge in [0.1, 0.15) is 10.7 Å². The molecule has 1 saturated heterocycles. The summed E-state index contributed by atoms with van der Waals surface area (Å²) in [5.74, 6) is 0.852. The number of likely N-dealkylation sites (tertiary alicyclic amines) is 1. The lowest BCUT2D eigenvalue weighted by Crippen LogP contribution is -2.37. The molecule has 27 heavy (non-hydrogen) atoms. The smallest absolute Gasteiger partial charge is 0.262 e. The molecule has 3 aromatic rings. The van der Waals surface area contributed by atoms with Crippen molar-refractivity contribution in [2.24, 2.45) is 0 Å². The topological polar surface area (TPSA) is 38.1 Å². The van der Waals surface area contributed by atoms with Crippen molar-refractivity contribution < 1.29 is 0 Å². The fourth-order valence-electron chi connectivity index (χ4n) is 3.93. The third kappa shape index (κ3) is 3.56. The number of hydrogen-bond donors (Lipinski definition) is 0. The number of benzene rings is 1. The van der Waals surface area contributed by atoms with Crippen LogP contribution < -0.4 is 5.56 Å². The molecule has 2 aromatic heterocycles. The van der Waals surface area contributed by atoms with Crippen LogP contribution in [0.4, 0.5) is 0 Å². The van der Waals surface area contributed by atoms with Crippen molar-refractivity contribution in [2.75, 3.05) is 20.1 Å². The van der Waals surface area contributed by atoms with Gasteiger partial charge in [-0.3, -0.25) is 9.36 Å². The largest absolute Gasteiger partial charge is 0.306 e. The average molecular weight is 402 g/mol. The molecule has 6 heteroatoms. The first-order chi connectivity index (χ1) is 12.9. The minimum absolute atomic E-state index is 0.119. The number of thiophene rings is 1. The summed E-state index contributed by atoms with van der Waals surface area (Å²) in [6.45, 7) is 6.12. The van der Waals surface area contributed by atoms with Crippen LogP contribution in [0.25, 0.3) is 10.2 Å². The van der Waals surface area contributed by atoms with E-state index in [2.05, 4.69) is 18.9 Å². The second-order valence-electron chi connectivity index (χ2n) is 7.51. The van der Waals surface area contributed by atoms with Crippen molar-refractivity contribution in [3.63, 3.8) is 0 Å². The first-order valence-electron chi connectivity index (χ1n) is 9.38. The predicted molar refractivity (Wildman–Crippen MR) is 113 cm³/mol. The van der Waals surface area contributed by atoms with Crippen molar-refractivity contribution in [3.8, 4) is 0 Å². The molecule has 1 aliphatic rings. The number of hydrogen-bond acceptors (Lipinski definition) is 4. The first-order valence-corrected chi connectivity index (χ1v) is 10.6.